The molecule has 0 aliphatic heterocycles. The van der Waals surface area contributed by atoms with E-state index >= 15 is 0 Å². The first-order valence-electron chi connectivity index (χ1n) is 5.11. The lowest BCUT2D eigenvalue weighted by Crippen LogP contribution is -2.18. The molecule has 0 aliphatic carbocycles. The molecule has 1 aromatic carbocycles. The Labute approximate surface area is 112 Å². The van der Waals surface area contributed by atoms with Crippen molar-refractivity contribution in [3.05, 3.63) is 29.8 Å². The van der Waals surface area contributed by atoms with Crippen LogP contribution in [-0.2, 0) is 0 Å². The highest BCUT2D eigenvalue weighted by atomic mass is 35.5. The van der Waals surface area contributed by atoms with E-state index in [1.54, 1.807) is 0 Å². The van der Waals surface area contributed by atoms with Crippen molar-refractivity contribution in [1.82, 2.24) is 0 Å². The van der Waals surface area contributed by atoms with E-state index < -0.39 is 17.7 Å². The van der Waals surface area contributed by atoms with Crippen LogP contribution >= 0.6 is 23.4 Å². The number of hydrogen-bond donors (Lipinski definition) is 2. The van der Waals surface area contributed by atoms with E-state index in [1.165, 1.54) is 24.3 Å². The molecule has 2 N–H and O–H groups in total. The molecule has 1 rings (SSSR count). The number of thioether (sulfide) groups is 1. The predicted molar refractivity (Wildman–Crippen MR) is 64.7 cm³/mol. The summed E-state index contributed by atoms with van der Waals surface area (Å²) in [6.07, 6.45) is -2.16. The smallest absolute Gasteiger partial charge is 0.390 e. The maximum Gasteiger partial charge on any atom is 0.446 e. The molecule has 0 fully saturated rings. The number of alkyl halides is 4. The summed E-state index contributed by atoms with van der Waals surface area (Å²) in [6.45, 7) is 0. The largest absolute Gasteiger partial charge is 0.446 e. The highest BCUT2D eigenvalue weighted by molar-refractivity contribution is 8.00. The number of hydrogen-bond acceptors (Lipinski definition) is 3. The monoisotopic (exact) mass is 300 g/mol. The number of aliphatic hydroxyl groups is 2. The van der Waals surface area contributed by atoms with Crippen LogP contribution in [0.4, 0.5) is 13.2 Å². The molecule has 0 saturated carbocycles. The fraction of sp³-hybridized carbons (Fsp3) is 0.455. The van der Waals surface area contributed by atoms with Crippen molar-refractivity contribution >= 4 is 23.4 Å². The van der Waals surface area contributed by atoms with Gasteiger partial charge in [-0.1, -0.05) is 12.1 Å². The minimum Gasteiger partial charge on any atom is -0.390 e. The van der Waals surface area contributed by atoms with Gasteiger partial charge in [-0.3, -0.25) is 0 Å². The summed E-state index contributed by atoms with van der Waals surface area (Å²) in [5, 5.41) is 19.3. The molecule has 1 aromatic rings. The fourth-order valence-corrected chi connectivity index (χ4v) is 2.22. The van der Waals surface area contributed by atoms with Crippen molar-refractivity contribution in [3.63, 3.8) is 0 Å². The van der Waals surface area contributed by atoms with Crippen LogP contribution < -0.4 is 0 Å². The molecule has 0 bridgehead atoms. The minimum absolute atomic E-state index is 0.0304. The second kappa shape index (κ2) is 6.65. The molecule has 0 heterocycles. The van der Waals surface area contributed by atoms with Crippen LogP contribution in [0.1, 0.15) is 18.1 Å². The van der Waals surface area contributed by atoms with Gasteiger partial charge in [0.05, 0.1) is 6.10 Å². The van der Waals surface area contributed by atoms with Gasteiger partial charge < -0.3 is 10.2 Å². The molecule has 7 heteroatoms. The zero-order chi connectivity index (χ0) is 13.8. The number of halogens is 4. The minimum atomic E-state index is -4.38. The number of benzene rings is 1. The van der Waals surface area contributed by atoms with Gasteiger partial charge >= 0.3 is 5.51 Å². The average Bonchev–Trinajstić information content (AvgIpc) is 2.26. The standard InChI is InChI=1S/C11H12ClF3O2S/c12-5-4-9(16)10(17)7-2-1-3-8(6-7)18-11(13,14)15/h1-3,6,9-10,16-17H,4-5H2. The Hall–Kier alpha value is -0.430. The van der Waals surface area contributed by atoms with Gasteiger partial charge in [0.25, 0.3) is 0 Å². The SMILES string of the molecule is OC(CCCl)C(O)c1cccc(SC(F)(F)F)c1. The van der Waals surface area contributed by atoms with Gasteiger partial charge in [-0.15, -0.1) is 11.6 Å². The van der Waals surface area contributed by atoms with E-state index in [0.717, 1.165) is 0 Å². The Balaban J connectivity index is 2.81. The lowest BCUT2D eigenvalue weighted by atomic mass is 10.0. The average molecular weight is 301 g/mol. The summed E-state index contributed by atoms with van der Waals surface area (Å²) in [6, 6.07) is 5.37. The van der Waals surface area contributed by atoms with E-state index in [9.17, 15) is 23.4 Å². The van der Waals surface area contributed by atoms with E-state index in [2.05, 4.69) is 0 Å². The van der Waals surface area contributed by atoms with Crippen LogP contribution in [0.15, 0.2) is 29.2 Å². The van der Waals surface area contributed by atoms with Crippen molar-refractivity contribution in [2.75, 3.05) is 5.88 Å². The Kier molecular flexibility index (Phi) is 5.78. The van der Waals surface area contributed by atoms with Crippen LogP contribution in [0.2, 0.25) is 0 Å². The predicted octanol–water partition coefficient (Wildman–Crippen LogP) is 3.32. The summed E-state index contributed by atoms with van der Waals surface area (Å²) < 4.78 is 36.6. The molecule has 102 valence electrons. The molecule has 2 atom stereocenters. The second-order valence-electron chi connectivity index (χ2n) is 3.61. The highest BCUT2D eigenvalue weighted by Gasteiger charge is 2.29. The molecule has 0 aliphatic rings. The molecule has 0 spiro atoms. The molecule has 0 aromatic heterocycles. The zero-order valence-electron chi connectivity index (χ0n) is 9.19. The lowest BCUT2D eigenvalue weighted by molar-refractivity contribution is -0.0328. The molecule has 18 heavy (non-hydrogen) atoms. The summed E-state index contributed by atoms with van der Waals surface area (Å²) in [4.78, 5) is -0.0304. The summed E-state index contributed by atoms with van der Waals surface area (Å²) >= 11 is 5.16. The summed E-state index contributed by atoms with van der Waals surface area (Å²) in [5.74, 6) is 0.162. The van der Waals surface area contributed by atoms with E-state index in [-0.39, 0.29) is 34.5 Å². The Morgan fingerprint density at radius 3 is 2.50 bits per heavy atom. The normalized spacial score (nSPS) is 15.4. The van der Waals surface area contributed by atoms with Gasteiger partial charge in [0.2, 0.25) is 0 Å². The summed E-state index contributed by atoms with van der Waals surface area (Å²) in [5.41, 5.74) is -4.14. The van der Waals surface area contributed by atoms with Crippen molar-refractivity contribution in [3.8, 4) is 0 Å². The van der Waals surface area contributed by atoms with Crippen molar-refractivity contribution in [2.24, 2.45) is 0 Å². The third-order valence-electron chi connectivity index (χ3n) is 2.20. The first-order chi connectivity index (χ1) is 8.33. The van der Waals surface area contributed by atoms with Gasteiger partial charge in [0.1, 0.15) is 6.10 Å². The molecule has 0 saturated heterocycles. The first-order valence-corrected chi connectivity index (χ1v) is 6.46. The van der Waals surface area contributed by atoms with E-state index in [4.69, 9.17) is 11.6 Å². The molecular formula is C11H12ClF3O2S. The topological polar surface area (TPSA) is 40.5 Å². The lowest BCUT2D eigenvalue weighted by Gasteiger charge is -2.18. The third kappa shape index (κ3) is 5.06. The maximum absolute atomic E-state index is 12.2. The maximum atomic E-state index is 12.2. The molecular weight excluding hydrogens is 289 g/mol. The Morgan fingerprint density at radius 2 is 1.94 bits per heavy atom. The third-order valence-corrected chi connectivity index (χ3v) is 3.14. The number of aliphatic hydroxyl groups excluding tert-OH is 2. The van der Waals surface area contributed by atoms with Crippen LogP contribution in [0.3, 0.4) is 0 Å². The van der Waals surface area contributed by atoms with Crippen LogP contribution in [0.5, 0.6) is 0 Å². The van der Waals surface area contributed by atoms with Crippen molar-refractivity contribution in [2.45, 2.75) is 29.0 Å². The molecule has 0 amide bonds. The van der Waals surface area contributed by atoms with Crippen molar-refractivity contribution in [1.29, 1.82) is 0 Å². The van der Waals surface area contributed by atoms with E-state index in [1.807, 2.05) is 0 Å². The quantitative estimate of drug-likeness (QED) is 0.647. The molecule has 2 unspecified atom stereocenters. The van der Waals surface area contributed by atoms with E-state index in [0.29, 0.717) is 0 Å². The Morgan fingerprint density at radius 1 is 1.28 bits per heavy atom. The fourth-order valence-electron chi connectivity index (χ4n) is 1.39. The van der Waals surface area contributed by atoms with Gasteiger partial charge in [-0.05, 0) is 35.9 Å². The highest BCUT2D eigenvalue weighted by Crippen LogP contribution is 2.37. The second-order valence-corrected chi connectivity index (χ2v) is 5.13. The van der Waals surface area contributed by atoms with Crippen LogP contribution in [0.25, 0.3) is 0 Å². The zero-order valence-corrected chi connectivity index (χ0v) is 10.8. The van der Waals surface area contributed by atoms with Gasteiger partial charge in [0, 0.05) is 10.8 Å². The Bertz CT molecular complexity index is 387. The van der Waals surface area contributed by atoms with Crippen LogP contribution in [-0.4, -0.2) is 27.7 Å². The summed E-state index contributed by atoms with van der Waals surface area (Å²) in [7, 11) is 0. The van der Waals surface area contributed by atoms with Gasteiger partial charge in [-0.25, -0.2) is 0 Å². The molecule has 0 radical (unpaired) electrons. The van der Waals surface area contributed by atoms with Crippen molar-refractivity contribution < 1.29 is 23.4 Å². The van der Waals surface area contributed by atoms with Gasteiger partial charge in [-0.2, -0.15) is 13.2 Å². The first kappa shape index (κ1) is 15.6. The van der Waals surface area contributed by atoms with Crippen LogP contribution in [0, 0.1) is 0 Å². The molecule has 2 nitrogen and oxygen atoms in total. The number of rotatable bonds is 5. The van der Waals surface area contributed by atoms with Gasteiger partial charge in [0.15, 0.2) is 0 Å².